The van der Waals surface area contributed by atoms with Crippen molar-refractivity contribution in [1.82, 2.24) is 30.4 Å². The zero-order valence-corrected chi connectivity index (χ0v) is 22.8. The molecule has 2 amide bonds. The zero-order valence-electron chi connectivity index (χ0n) is 19.7. The molecule has 3 aromatic rings. The molecule has 15 heteroatoms. The van der Waals surface area contributed by atoms with Gasteiger partial charge in [0.15, 0.2) is 0 Å². The molecule has 0 aliphatic heterocycles. The molecule has 184 valence electrons. The maximum absolute atomic E-state index is 13.0. The number of aryl methyl sites for hydroxylation is 1. The predicted octanol–water partition coefficient (Wildman–Crippen LogP) is -4.37. The van der Waals surface area contributed by atoms with E-state index < -0.39 is 40.2 Å². The summed E-state index contributed by atoms with van der Waals surface area (Å²) >= 11 is 0. The average molecular weight is 519 g/mol. The van der Waals surface area contributed by atoms with Crippen LogP contribution in [0.25, 0.3) is 0 Å². The van der Waals surface area contributed by atoms with Crippen LogP contribution < -0.4 is 72.7 Å². The first-order valence-corrected chi connectivity index (χ1v) is 9.43. The Labute approximate surface area is 241 Å². The topological polar surface area (TPSA) is 218 Å². The molecule has 3 rings (SSSR count). The van der Waals surface area contributed by atoms with Gasteiger partial charge in [-0.2, -0.15) is 0 Å². The van der Waals surface area contributed by atoms with Crippen LogP contribution in [0, 0.1) is 12.7 Å². The fourth-order valence-corrected chi connectivity index (χ4v) is 2.94. The number of nitrogens with zero attached hydrogens (tertiary/aromatic N) is 4. The van der Waals surface area contributed by atoms with Crippen LogP contribution in [0.5, 0.6) is 5.75 Å². The van der Waals surface area contributed by atoms with Crippen molar-refractivity contribution in [2.75, 3.05) is 0 Å². The molecule has 6 N–H and O–H groups in total. The van der Waals surface area contributed by atoms with Gasteiger partial charge in [0, 0.05) is 20.5 Å². The molecule has 0 saturated carbocycles. The van der Waals surface area contributed by atoms with Crippen LogP contribution in [0.1, 0.15) is 52.3 Å². The molecule has 0 radical (unpaired) electrons. The van der Waals surface area contributed by atoms with E-state index in [-0.39, 0.29) is 86.5 Å². The minimum atomic E-state index is -1.30. The SMILES string of the molecule is Cc1nnc(C(=O)NC(C)(C)c2nc(C(=O)NCc3ccc(F)cc3)c([O-])c(=O)n2C)o1.O.O.[K+]. The number of halogens is 1. The van der Waals surface area contributed by atoms with Crippen molar-refractivity contribution in [3.63, 3.8) is 0 Å². The number of carbonyl (C=O) groups is 2. The maximum Gasteiger partial charge on any atom is 1.00 e. The molecule has 0 unspecified atom stereocenters. The third kappa shape index (κ3) is 7.47. The van der Waals surface area contributed by atoms with Gasteiger partial charge in [0.25, 0.3) is 5.91 Å². The summed E-state index contributed by atoms with van der Waals surface area (Å²) in [7, 11) is 1.30. The quantitative estimate of drug-likeness (QED) is 0.303. The minimum absolute atomic E-state index is 0. The predicted molar refractivity (Wildman–Crippen MR) is 113 cm³/mol. The summed E-state index contributed by atoms with van der Waals surface area (Å²) in [6.45, 7) is 4.56. The van der Waals surface area contributed by atoms with Gasteiger partial charge in [0.05, 0.1) is 5.54 Å². The first-order chi connectivity index (χ1) is 15.0. The third-order valence-corrected chi connectivity index (χ3v) is 4.54. The van der Waals surface area contributed by atoms with Crippen LogP contribution in [-0.4, -0.2) is 42.5 Å². The molecule has 2 aromatic heterocycles. The number of carbonyl (C=O) groups excluding carboxylic acids is 2. The van der Waals surface area contributed by atoms with Crippen molar-refractivity contribution in [3.05, 3.63) is 69.3 Å². The summed E-state index contributed by atoms with van der Waals surface area (Å²) < 4.78 is 19.1. The van der Waals surface area contributed by atoms with Crippen molar-refractivity contribution in [1.29, 1.82) is 0 Å². The second kappa shape index (κ2) is 13.0. The number of amides is 2. The Morgan fingerprint density at radius 1 is 1.14 bits per heavy atom. The monoisotopic (exact) mass is 518 g/mol. The van der Waals surface area contributed by atoms with Crippen molar-refractivity contribution in [2.45, 2.75) is 32.9 Å². The summed E-state index contributed by atoms with van der Waals surface area (Å²) in [4.78, 5) is 41.5. The molecule has 0 fully saturated rings. The molecule has 35 heavy (non-hydrogen) atoms. The Kier molecular flexibility index (Phi) is 12.0. The van der Waals surface area contributed by atoms with Gasteiger partial charge in [-0.05, 0) is 37.3 Å². The number of rotatable bonds is 6. The summed E-state index contributed by atoms with van der Waals surface area (Å²) in [5.41, 5.74) is -2.33. The van der Waals surface area contributed by atoms with Crippen LogP contribution in [0.2, 0.25) is 0 Å². The Hall–Kier alpha value is -2.53. The number of aromatic nitrogens is 4. The second-order valence-corrected chi connectivity index (χ2v) is 7.49. The first kappa shape index (κ1) is 32.5. The van der Waals surface area contributed by atoms with Crippen LogP contribution in [0.3, 0.4) is 0 Å². The minimum Gasteiger partial charge on any atom is -0.867 e. The average Bonchev–Trinajstić information content (AvgIpc) is 3.17. The van der Waals surface area contributed by atoms with E-state index in [4.69, 9.17) is 4.42 Å². The van der Waals surface area contributed by atoms with Gasteiger partial charge in [-0.25, -0.2) is 9.37 Å². The van der Waals surface area contributed by atoms with Gasteiger partial charge in [0.2, 0.25) is 11.4 Å². The van der Waals surface area contributed by atoms with E-state index in [0.29, 0.717) is 5.56 Å². The molecular formula is C20H24FKN6O7. The number of benzene rings is 1. The van der Waals surface area contributed by atoms with E-state index in [1.54, 1.807) is 0 Å². The van der Waals surface area contributed by atoms with E-state index in [0.717, 1.165) is 4.57 Å². The molecule has 0 spiro atoms. The summed E-state index contributed by atoms with van der Waals surface area (Å²) in [6.07, 6.45) is 0. The zero-order chi connectivity index (χ0) is 23.6. The van der Waals surface area contributed by atoms with Gasteiger partial charge in [-0.3, -0.25) is 19.0 Å². The van der Waals surface area contributed by atoms with Crippen molar-refractivity contribution >= 4 is 11.8 Å². The van der Waals surface area contributed by atoms with E-state index in [1.165, 1.54) is 52.1 Å². The van der Waals surface area contributed by atoms with Gasteiger partial charge in [-0.1, -0.05) is 12.1 Å². The van der Waals surface area contributed by atoms with E-state index >= 15 is 0 Å². The van der Waals surface area contributed by atoms with E-state index in [1.807, 2.05) is 0 Å². The van der Waals surface area contributed by atoms with E-state index in [2.05, 4.69) is 25.8 Å². The Balaban J connectivity index is 0.00000385. The standard InChI is InChI=1S/C20H21FN6O5.K.2H2O/c1-10-25-26-17(32-10)16(30)24-20(2,3)19-23-13(14(28)18(31)27(19)4)15(29)22-9-11-5-7-12(21)8-6-11;;;/h5-8,28H,9H2,1-4H3,(H,22,29)(H,24,30);;2*1H2/q;+1;;/p-1. The molecule has 1 aromatic carbocycles. The van der Waals surface area contributed by atoms with Crippen molar-refractivity contribution < 1.29 is 85.8 Å². The Morgan fingerprint density at radius 2 is 1.74 bits per heavy atom. The number of nitrogens with one attached hydrogen (secondary N) is 2. The van der Waals surface area contributed by atoms with E-state index in [9.17, 15) is 23.9 Å². The molecule has 0 bridgehead atoms. The number of hydrogen-bond donors (Lipinski definition) is 2. The van der Waals surface area contributed by atoms with Crippen LogP contribution in [0.15, 0.2) is 33.5 Å². The number of hydrogen-bond acceptors (Lipinski definition) is 8. The second-order valence-electron chi connectivity index (χ2n) is 7.49. The normalized spacial score (nSPS) is 10.3. The largest absolute Gasteiger partial charge is 1.00 e. The third-order valence-electron chi connectivity index (χ3n) is 4.54. The molecule has 13 nitrogen and oxygen atoms in total. The Morgan fingerprint density at radius 3 is 2.29 bits per heavy atom. The summed E-state index contributed by atoms with van der Waals surface area (Å²) in [6, 6.07) is 5.39. The molecule has 0 aliphatic carbocycles. The van der Waals surface area contributed by atoms with Crippen LogP contribution in [0.4, 0.5) is 4.39 Å². The molecule has 0 aliphatic rings. The summed E-state index contributed by atoms with van der Waals surface area (Å²) in [5.74, 6) is -3.28. The fourth-order valence-electron chi connectivity index (χ4n) is 2.94. The van der Waals surface area contributed by atoms with Crippen LogP contribution in [-0.2, 0) is 19.1 Å². The fraction of sp³-hybridized carbons (Fsp3) is 0.300. The summed E-state index contributed by atoms with van der Waals surface area (Å²) in [5, 5.41) is 24.7. The first-order valence-electron chi connectivity index (χ1n) is 9.43. The van der Waals surface area contributed by atoms with Crippen molar-refractivity contribution in [2.24, 2.45) is 7.05 Å². The molecular weight excluding hydrogens is 494 g/mol. The molecule has 0 atom stereocenters. The molecule has 2 heterocycles. The van der Waals surface area contributed by atoms with Gasteiger partial charge in [0.1, 0.15) is 17.3 Å². The smallest absolute Gasteiger partial charge is 0.867 e. The van der Waals surface area contributed by atoms with Gasteiger partial charge in [-0.15, -0.1) is 10.2 Å². The van der Waals surface area contributed by atoms with Gasteiger partial charge < -0.3 is 31.1 Å². The Bertz CT molecular complexity index is 1240. The van der Waals surface area contributed by atoms with Gasteiger partial charge >= 0.3 is 63.2 Å². The van der Waals surface area contributed by atoms with Crippen molar-refractivity contribution in [3.8, 4) is 5.75 Å². The maximum atomic E-state index is 13.0. The van der Waals surface area contributed by atoms with Crippen LogP contribution >= 0.6 is 0 Å². The molecule has 0 saturated heterocycles.